The molecule has 18 heavy (non-hydrogen) atoms. The van der Waals surface area contributed by atoms with E-state index in [1.165, 1.54) is 12.4 Å². The van der Waals surface area contributed by atoms with Gasteiger partial charge in [0.25, 0.3) is 0 Å². The third-order valence-corrected chi connectivity index (χ3v) is 5.55. The summed E-state index contributed by atoms with van der Waals surface area (Å²) >= 11 is 0. The van der Waals surface area contributed by atoms with Crippen LogP contribution >= 0.6 is 0 Å². The van der Waals surface area contributed by atoms with Gasteiger partial charge in [-0.1, -0.05) is 0 Å². The van der Waals surface area contributed by atoms with Crippen molar-refractivity contribution in [1.82, 2.24) is 20.2 Å². The standard InChI is InChI=1S/C11H18N4O2S/c16-18(17,11-6-13-14-7-11)15-10-2-1-8-4-12-5-9(8)3-10/h6-10,12,15H,1-5H2,(H,13,14)/t8-,9+,10?/m0/s1. The third kappa shape index (κ3) is 2.30. The largest absolute Gasteiger partial charge is 0.316 e. The van der Waals surface area contributed by atoms with Crippen molar-refractivity contribution in [2.24, 2.45) is 11.8 Å². The smallest absolute Gasteiger partial charge is 0.243 e. The number of sulfonamides is 1. The normalized spacial score (nSPS) is 32.3. The van der Waals surface area contributed by atoms with Gasteiger partial charge in [0.1, 0.15) is 4.90 Å². The summed E-state index contributed by atoms with van der Waals surface area (Å²) in [5, 5.41) is 9.59. The van der Waals surface area contributed by atoms with Crippen molar-refractivity contribution in [3.8, 4) is 0 Å². The molecule has 6 nitrogen and oxygen atoms in total. The van der Waals surface area contributed by atoms with Crippen molar-refractivity contribution in [2.45, 2.75) is 30.2 Å². The Bertz CT molecular complexity index is 499. The maximum atomic E-state index is 12.1. The lowest BCUT2D eigenvalue weighted by Gasteiger charge is -2.31. The summed E-state index contributed by atoms with van der Waals surface area (Å²) in [6.07, 6.45) is 5.72. The molecule has 2 heterocycles. The van der Waals surface area contributed by atoms with E-state index in [0.717, 1.165) is 38.3 Å². The summed E-state index contributed by atoms with van der Waals surface area (Å²) < 4.78 is 26.9. The van der Waals surface area contributed by atoms with Crippen molar-refractivity contribution in [1.29, 1.82) is 0 Å². The number of fused-ring (bicyclic) bond motifs is 1. The molecule has 1 aromatic rings. The van der Waals surface area contributed by atoms with Gasteiger partial charge in [0, 0.05) is 12.2 Å². The van der Waals surface area contributed by atoms with Crippen LogP contribution in [0.15, 0.2) is 17.3 Å². The molecule has 3 rings (SSSR count). The minimum Gasteiger partial charge on any atom is -0.316 e. The zero-order valence-electron chi connectivity index (χ0n) is 10.1. The van der Waals surface area contributed by atoms with E-state index in [4.69, 9.17) is 0 Å². The molecule has 3 atom stereocenters. The topological polar surface area (TPSA) is 86.9 Å². The molecule has 0 aromatic carbocycles. The second-order valence-corrected chi connectivity index (χ2v) is 6.96. The highest BCUT2D eigenvalue weighted by atomic mass is 32.2. The Morgan fingerprint density at radius 1 is 1.28 bits per heavy atom. The summed E-state index contributed by atoms with van der Waals surface area (Å²) in [5.41, 5.74) is 0. The van der Waals surface area contributed by atoms with Crippen LogP contribution in [-0.4, -0.2) is 37.7 Å². The maximum Gasteiger partial charge on any atom is 0.243 e. The lowest BCUT2D eigenvalue weighted by molar-refractivity contribution is 0.260. The summed E-state index contributed by atoms with van der Waals surface area (Å²) in [5.74, 6) is 1.36. The van der Waals surface area contributed by atoms with E-state index in [2.05, 4.69) is 20.2 Å². The minimum absolute atomic E-state index is 0.0612. The molecule has 2 fully saturated rings. The fraction of sp³-hybridized carbons (Fsp3) is 0.727. The molecule has 1 saturated heterocycles. The van der Waals surface area contributed by atoms with Gasteiger partial charge < -0.3 is 5.32 Å². The summed E-state index contributed by atoms with van der Waals surface area (Å²) in [7, 11) is -3.41. The maximum absolute atomic E-state index is 12.1. The molecule has 1 aliphatic heterocycles. The second kappa shape index (κ2) is 4.64. The SMILES string of the molecule is O=S(=O)(NC1CC[C@H]2CNC[C@H]2C1)c1cn[nH]c1. The van der Waals surface area contributed by atoms with Crippen molar-refractivity contribution in [2.75, 3.05) is 13.1 Å². The highest BCUT2D eigenvalue weighted by Gasteiger charge is 2.35. The van der Waals surface area contributed by atoms with E-state index >= 15 is 0 Å². The van der Waals surface area contributed by atoms with Crippen molar-refractivity contribution < 1.29 is 8.42 Å². The molecule has 1 aliphatic carbocycles. The number of nitrogens with one attached hydrogen (secondary N) is 3. The van der Waals surface area contributed by atoms with Gasteiger partial charge in [-0.2, -0.15) is 5.10 Å². The number of H-pyrrole nitrogens is 1. The van der Waals surface area contributed by atoms with Crippen molar-refractivity contribution in [3.63, 3.8) is 0 Å². The molecule has 7 heteroatoms. The van der Waals surface area contributed by atoms with Crippen LogP contribution in [0, 0.1) is 11.8 Å². The monoisotopic (exact) mass is 270 g/mol. The molecule has 0 radical (unpaired) electrons. The molecule has 0 spiro atoms. The van der Waals surface area contributed by atoms with E-state index in [-0.39, 0.29) is 10.9 Å². The third-order valence-electron chi connectivity index (χ3n) is 4.06. The zero-order chi connectivity index (χ0) is 12.6. The number of aromatic amines is 1. The Balaban J connectivity index is 1.67. The van der Waals surface area contributed by atoms with E-state index in [9.17, 15) is 8.42 Å². The Kier molecular flexibility index (Phi) is 3.13. The van der Waals surface area contributed by atoms with Gasteiger partial charge in [0.15, 0.2) is 0 Å². The lowest BCUT2D eigenvalue weighted by atomic mass is 9.79. The van der Waals surface area contributed by atoms with E-state index in [0.29, 0.717) is 5.92 Å². The quantitative estimate of drug-likeness (QED) is 0.726. The number of nitrogens with zero attached hydrogens (tertiary/aromatic N) is 1. The average Bonchev–Trinajstić information content (AvgIpc) is 2.99. The summed E-state index contributed by atoms with van der Waals surface area (Å²) in [6, 6.07) is 0.0612. The lowest BCUT2D eigenvalue weighted by Crippen LogP contribution is -2.40. The van der Waals surface area contributed by atoms with Gasteiger partial charge in [-0.05, 0) is 44.2 Å². The first-order valence-electron chi connectivity index (χ1n) is 6.37. The van der Waals surface area contributed by atoms with Crippen LogP contribution < -0.4 is 10.0 Å². The van der Waals surface area contributed by atoms with Crippen LogP contribution in [0.2, 0.25) is 0 Å². The van der Waals surface area contributed by atoms with Crippen LogP contribution in [0.1, 0.15) is 19.3 Å². The van der Waals surface area contributed by atoms with Gasteiger partial charge in [0.05, 0.1) is 6.20 Å². The molecule has 0 amide bonds. The number of aromatic nitrogens is 2. The fourth-order valence-corrected chi connectivity index (χ4v) is 4.27. The summed E-state index contributed by atoms with van der Waals surface area (Å²) in [6.45, 7) is 2.11. The van der Waals surface area contributed by atoms with Crippen LogP contribution in [0.4, 0.5) is 0 Å². The Labute approximate surface area is 107 Å². The first kappa shape index (κ1) is 12.1. The molecule has 2 aliphatic rings. The van der Waals surface area contributed by atoms with E-state index in [1.807, 2.05) is 0 Å². The first-order chi connectivity index (χ1) is 8.65. The van der Waals surface area contributed by atoms with Gasteiger partial charge >= 0.3 is 0 Å². The predicted octanol–water partition coefficient (Wildman–Crippen LogP) is 0.0761. The highest BCUT2D eigenvalue weighted by Crippen LogP contribution is 2.33. The Morgan fingerprint density at radius 2 is 2.11 bits per heavy atom. The average molecular weight is 270 g/mol. The molecule has 1 saturated carbocycles. The fourth-order valence-electron chi connectivity index (χ4n) is 3.08. The van der Waals surface area contributed by atoms with Crippen LogP contribution in [0.25, 0.3) is 0 Å². The summed E-state index contributed by atoms with van der Waals surface area (Å²) in [4.78, 5) is 0.217. The highest BCUT2D eigenvalue weighted by molar-refractivity contribution is 7.89. The molecule has 0 bridgehead atoms. The van der Waals surface area contributed by atoms with Crippen molar-refractivity contribution >= 4 is 10.0 Å². The number of hydrogen-bond acceptors (Lipinski definition) is 4. The molecular weight excluding hydrogens is 252 g/mol. The molecule has 1 unspecified atom stereocenters. The second-order valence-electron chi connectivity index (χ2n) is 5.24. The van der Waals surface area contributed by atoms with Gasteiger partial charge in [-0.15, -0.1) is 0 Å². The van der Waals surface area contributed by atoms with Crippen LogP contribution in [0.5, 0.6) is 0 Å². The first-order valence-corrected chi connectivity index (χ1v) is 7.85. The molecule has 1 aromatic heterocycles. The van der Waals surface area contributed by atoms with Gasteiger partial charge in [0.2, 0.25) is 10.0 Å². The van der Waals surface area contributed by atoms with Crippen LogP contribution in [0.3, 0.4) is 0 Å². The predicted molar refractivity (Wildman–Crippen MR) is 66.4 cm³/mol. The molecular formula is C11H18N4O2S. The van der Waals surface area contributed by atoms with Crippen molar-refractivity contribution in [3.05, 3.63) is 12.4 Å². The van der Waals surface area contributed by atoms with Gasteiger partial charge in [-0.25, -0.2) is 13.1 Å². The molecule has 3 N–H and O–H groups in total. The zero-order valence-corrected chi connectivity index (χ0v) is 10.9. The van der Waals surface area contributed by atoms with Gasteiger partial charge in [-0.3, -0.25) is 5.10 Å². The van der Waals surface area contributed by atoms with E-state index in [1.54, 1.807) is 0 Å². The molecule has 100 valence electrons. The Hall–Kier alpha value is -0.920. The minimum atomic E-state index is -3.41. The number of hydrogen-bond donors (Lipinski definition) is 3. The number of rotatable bonds is 3. The van der Waals surface area contributed by atoms with E-state index < -0.39 is 10.0 Å². The van der Waals surface area contributed by atoms with Crippen LogP contribution in [-0.2, 0) is 10.0 Å². The Morgan fingerprint density at radius 3 is 2.89 bits per heavy atom.